The lowest BCUT2D eigenvalue weighted by molar-refractivity contribution is -0.162. The molecule has 2 saturated carbocycles. The van der Waals surface area contributed by atoms with Crippen molar-refractivity contribution in [1.82, 2.24) is 0 Å². The van der Waals surface area contributed by atoms with Crippen LogP contribution in [0.2, 0.25) is 0 Å². The first-order valence-electron chi connectivity index (χ1n) is 18.6. The maximum Gasteiger partial charge on any atom is 0.334 e. The van der Waals surface area contributed by atoms with Crippen LogP contribution in [0.1, 0.15) is 79.7 Å². The molecule has 1 aromatic rings. The number of nitrogens with two attached hydrogens (primary N) is 2. The molecule has 11 nitrogen and oxygen atoms in total. The normalized spacial score (nSPS) is 39.2. The number of fused-ring (bicyclic) bond motifs is 2. The summed E-state index contributed by atoms with van der Waals surface area (Å²) in [4.78, 5) is 44.7. The predicted octanol–water partition coefficient (Wildman–Crippen LogP) is 4.48. The van der Waals surface area contributed by atoms with Crippen LogP contribution in [0.5, 0.6) is 0 Å². The first-order chi connectivity index (χ1) is 24.5. The van der Waals surface area contributed by atoms with Gasteiger partial charge in [-0.1, -0.05) is 90.1 Å². The Labute approximate surface area is 311 Å². The summed E-state index contributed by atoms with van der Waals surface area (Å²) in [5.74, 6) is -5.56. The second-order valence-electron chi connectivity index (χ2n) is 17.7. The van der Waals surface area contributed by atoms with Crippen LogP contribution in [0, 0.1) is 51.2 Å². The number of carbonyl (C=O) groups is 3. The second kappa shape index (κ2) is 12.5. The van der Waals surface area contributed by atoms with Crippen molar-refractivity contribution in [2.75, 3.05) is 6.54 Å². The van der Waals surface area contributed by atoms with E-state index in [1.54, 1.807) is 12.2 Å². The van der Waals surface area contributed by atoms with Gasteiger partial charge in [-0.3, -0.25) is 14.6 Å². The third-order valence-corrected chi connectivity index (χ3v) is 14.9. The van der Waals surface area contributed by atoms with Crippen LogP contribution >= 0.6 is 0 Å². The largest absolute Gasteiger partial charge is 0.509 e. The number of benzene rings is 1. The number of Topliss-reactive ketones (excluding diaryl/α,β-unsaturated/α-hetero) is 2. The number of aliphatic imine (C=N–C) groups is 1. The van der Waals surface area contributed by atoms with Gasteiger partial charge in [-0.15, -0.1) is 0 Å². The molecule has 0 radical (unpaired) electrons. The third kappa shape index (κ3) is 5.24. The molecule has 11 atom stereocenters. The van der Waals surface area contributed by atoms with E-state index >= 15 is 4.79 Å². The highest BCUT2D eigenvalue weighted by molar-refractivity contribution is 6.02. The van der Waals surface area contributed by atoms with Crippen LogP contribution in [0.15, 0.2) is 76.0 Å². The fraction of sp³-hybridized carbons (Fsp3) is 0.571. The van der Waals surface area contributed by atoms with Gasteiger partial charge in [-0.25, -0.2) is 4.79 Å². The van der Waals surface area contributed by atoms with Gasteiger partial charge in [0.05, 0.1) is 11.2 Å². The molecule has 0 aromatic heterocycles. The zero-order valence-electron chi connectivity index (χ0n) is 31.8. The molecule has 11 unspecified atom stereocenters. The van der Waals surface area contributed by atoms with E-state index in [1.165, 1.54) is 6.92 Å². The number of carbonyl (C=O) groups excluding carboxylic acids is 2. The molecule has 53 heavy (non-hydrogen) atoms. The van der Waals surface area contributed by atoms with E-state index in [1.807, 2.05) is 77.1 Å². The summed E-state index contributed by atoms with van der Waals surface area (Å²) >= 11 is 0. The highest BCUT2D eigenvalue weighted by atomic mass is 16.4. The minimum atomic E-state index is -1.74. The van der Waals surface area contributed by atoms with Crippen LogP contribution in [-0.2, 0) is 14.4 Å². The molecule has 0 heterocycles. The number of aliphatic carboxylic acids is 1. The SMILES string of the molecule is CC(C(=O)O)=C(O)C(O)C(CN=C(N)N)C(C)C1CC2(O)C=CC3(O)C4=C(C(=O)CC1(C)C42C)C1(C)CCC(=O)C(C)(C)C1C3C=Cc1ccccc1. The van der Waals surface area contributed by atoms with E-state index in [0.29, 0.717) is 17.6 Å². The molecular formula is C42H55N3O8. The number of hydrogen-bond acceptors (Lipinski definition) is 8. The zero-order chi connectivity index (χ0) is 39.3. The molecular weight excluding hydrogens is 674 g/mol. The highest BCUT2D eigenvalue weighted by Crippen LogP contribution is 2.78. The molecule has 2 fully saturated rings. The summed E-state index contributed by atoms with van der Waals surface area (Å²) in [6, 6.07) is 9.70. The van der Waals surface area contributed by atoms with Gasteiger partial charge in [0, 0.05) is 53.0 Å². The molecule has 0 amide bonds. The van der Waals surface area contributed by atoms with E-state index in [0.717, 1.165) is 5.56 Å². The quantitative estimate of drug-likeness (QED) is 0.0622. The lowest BCUT2D eigenvalue weighted by Gasteiger charge is -2.68. The second-order valence-corrected chi connectivity index (χ2v) is 17.7. The molecule has 0 bridgehead atoms. The summed E-state index contributed by atoms with van der Waals surface area (Å²) in [7, 11) is 0. The van der Waals surface area contributed by atoms with Gasteiger partial charge in [0.2, 0.25) is 0 Å². The number of allylic oxidation sites excluding steroid dienone is 1. The van der Waals surface area contributed by atoms with E-state index in [2.05, 4.69) is 11.9 Å². The average Bonchev–Trinajstić information content (AvgIpc) is 3.27. The lowest BCUT2D eigenvalue weighted by Crippen LogP contribution is -2.69. The number of ketones is 2. The smallest absolute Gasteiger partial charge is 0.334 e. The van der Waals surface area contributed by atoms with Gasteiger partial charge in [0.1, 0.15) is 23.2 Å². The number of guanidine groups is 1. The van der Waals surface area contributed by atoms with Crippen LogP contribution in [0.25, 0.3) is 6.08 Å². The van der Waals surface area contributed by atoms with Gasteiger partial charge in [0.15, 0.2) is 11.7 Å². The highest BCUT2D eigenvalue weighted by Gasteiger charge is 2.78. The molecule has 5 aliphatic rings. The van der Waals surface area contributed by atoms with Crippen molar-refractivity contribution in [3.63, 3.8) is 0 Å². The van der Waals surface area contributed by atoms with Crippen molar-refractivity contribution in [2.45, 2.75) is 91.5 Å². The number of carboxylic acid groups (broad SMARTS) is 1. The molecule has 286 valence electrons. The lowest BCUT2D eigenvalue weighted by atomic mass is 9.36. The van der Waals surface area contributed by atoms with Crippen molar-refractivity contribution < 1.29 is 39.9 Å². The first-order valence-corrected chi connectivity index (χ1v) is 18.6. The molecule has 11 heteroatoms. The number of hydrogen-bond donors (Lipinski definition) is 7. The summed E-state index contributed by atoms with van der Waals surface area (Å²) in [6.07, 6.45) is 6.43. The molecule has 0 saturated heterocycles. The maximum absolute atomic E-state index is 15.0. The number of aliphatic hydroxyl groups is 4. The van der Waals surface area contributed by atoms with Gasteiger partial charge in [-0.2, -0.15) is 0 Å². The van der Waals surface area contributed by atoms with Crippen molar-refractivity contribution in [3.05, 3.63) is 76.6 Å². The fourth-order valence-corrected chi connectivity index (χ4v) is 11.9. The van der Waals surface area contributed by atoms with E-state index < -0.39 is 85.9 Å². The monoisotopic (exact) mass is 729 g/mol. The molecule has 6 rings (SSSR count). The van der Waals surface area contributed by atoms with Crippen molar-refractivity contribution in [3.8, 4) is 0 Å². The molecule has 1 aromatic carbocycles. The number of nitrogens with zero attached hydrogens (tertiary/aromatic N) is 1. The van der Waals surface area contributed by atoms with Gasteiger partial charge in [-0.05, 0) is 60.1 Å². The van der Waals surface area contributed by atoms with Crippen molar-refractivity contribution >= 4 is 29.6 Å². The Morgan fingerprint density at radius 3 is 2.28 bits per heavy atom. The number of rotatable bonds is 9. The minimum Gasteiger partial charge on any atom is -0.509 e. The Bertz CT molecular complexity index is 1890. The molecule has 0 aliphatic heterocycles. The molecule has 9 N–H and O–H groups in total. The van der Waals surface area contributed by atoms with Gasteiger partial charge >= 0.3 is 5.97 Å². The summed E-state index contributed by atoms with van der Waals surface area (Å²) in [5.41, 5.74) is 5.67. The standard InChI is InChI=1S/C42H55N3O8/c1-22(25(21-45-36(43)44)32(49)31(48)23(2)35(50)51)27-19-41(52)17-18-42(53)26(14-13-24-11-9-8-10-12-24)33-37(3,4)29(47)15-16-38(33,5)30-28(46)20-39(27,6)40(41,7)34(30)42/h8-14,17-18,22,25-27,32-33,48-49,52-53H,15-16,19-21H2,1-7H3,(H,50,51)(H4,43,44,45). The minimum absolute atomic E-state index is 0.0197. The first kappa shape index (κ1) is 38.7. The Hall–Kier alpha value is -4.06. The Kier molecular flexibility index (Phi) is 9.11. The van der Waals surface area contributed by atoms with E-state index in [4.69, 9.17) is 11.5 Å². The Balaban J connectivity index is 1.57. The van der Waals surface area contributed by atoms with Crippen LogP contribution in [0.4, 0.5) is 0 Å². The molecule has 5 aliphatic carbocycles. The topological polar surface area (TPSA) is 217 Å². The third-order valence-electron chi connectivity index (χ3n) is 14.9. The summed E-state index contributed by atoms with van der Waals surface area (Å²) < 4.78 is 0. The van der Waals surface area contributed by atoms with Crippen molar-refractivity contribution in [1.29, 1.82) is 0 Å². The van der Waals surface area contributed by atoms with Crippen LogP contribution in [-0.4, -0.2) is 72.9 Å². The van der Waals surface area contributed by atoms with Crippen LogP contribution in [0.3, 0.4) is 0 Å². The summed E-state index contributed by atoms with van der Waals surface area (Å²) in [5, 5.41) is 58.4. The average molecular weight is 730 g/mol. The maximum atomic E-state index is 15.0. The fourth-order valence-electron chi connectivity index (χ4n) is 11.9. The number of carboxylic acids is 1. The summed E-state index contributed by atoms with van der Waals surface area (Å²) in [6.45, 7) is 12.6. The zero-order valence-corrected chi connectivity index (χ0v) is 31.8. The van der Waals surface area contributed by atoms with Crippen molar-refractivity contribution in [2.24, 2.45) is 67.7 Å². The van der Waals surface area contributed by atoms with Gasteiger partial charge < -0.3 is 37.0 Å². The predicted molar refractivity (Wildman–Crippen MR) is 201 cm³/mol. The van der Waals surface area contributed by atoms with E-state index in [9.17, 15) is 35.1 Å². The van der Waals surface area contributed by atoms with Crippen LogP contribution < -0.4 is 11.5 Å². The van der Waals surface area contributed by atoms with Gasteiger partial charge in [0.25, 0.3) is 0 Å². The Morgan fingerprint density at radius 1 is 1.04 bits per heavy atom. The van der Waals surface area contributed by atoms with E-state index in [-0.39, 0.29) is 43.3 Å². The number of aliphatic hydroxyl groups excluding tert-OH is 2. The molecule has 0 spiro atoms. The Morgan fingerprint density at radius 2 is 1.68 bits per heavy atom.